The van der Waals surface area contributed by atoms with E-state index in [2.05, 4.69) is 41.8 Å². The molecule has 0 N–H and O–H groups in total. The highest BCUT2D eigenvalue weighted by Crippen LogP contribution is 2.67. The third-order valence-corrected chi connectivity index (χ3v) is 11.4. The summed E-state index contributed by atoms with van der Waals surface area (Å²) in [5, 5.41) is 0. The van der Waals surface area contributed by atoms with Gasteiger partial charge in [-0.05, 0) is 60.4 Å². The summed E-state index contributed by atoms with van der Waals surface area (Å²) in [6.45, 7) is 0. The third-order valence-electron chi connectivity index (χ3n) is 10.5. The second kappa shape index (κ2) is 19.1. The van der Waals surface area contributed by atoms with Crippen molar-refractivity contribution in [2.24, 2.45) is 9.98 Å². The zero-order valence-corrected chi connectivity index (χ0v) is 37.3. The molecule has 2 aromatic rings. The number of nitrogens with zero attached hydrogens (tertiary/aromatic N) is 2. The average Bonchev–Trinajstić information content (AvgIpc) is 3.23. The lowest BCUT2D eigenvalue weighted by atomic mass is 9.87. The second-order valence-corrected chi connectivity index (χ2v) is 17.4. The summed E-state index contributed by atoms with van der Waals surface area (Å²) >= 11 is 4.72. The monoisotopic (exact) mass is 1280 g/mol. The minimum atomic E-state index is -8.92. The minimum Gasteiger partial charge on any atom is -0.287 e. The molecular formula is C36H18Br2F34N2. The maximum absolute atomic E-state index is 15.1. The standard InChI is InChI=1S/C36H18Br2F34N2/c37-17-7-13(5-15(9-17)21(39,40)23(43,44)25(47,48)27(51,52)29(55,56)31(59,60)33(63,64)35(67,68)69)11-73-19-3-1-2-4-20(19)74-12-14-6-16(10-18(38)8-14)22(41,42)24(45,46)26(49,50)28(53,54)30(57,58)32(61,62)34(65,66)36(70,71)72/h5-12,19-20H,1-4H2/t19-,20-/m1/s1. The molecule has 1 aliphatic rings. The molecule has 3 rings (SSSR count). The van der Waals surface area contributed by atoms with Crippen molar-refractivity contribution in [3.05, 3.63) is 67.6 Å². The van der Waals surface area contributed by atoms with Crippen molar-refractivity contribution < 1.29 is 149 Å². The first-order valence-corrected chi connectivity index (χ1v) is 20.1. The highest BCUT2D eigenvalue weighted by Gasteiger charge is 2.97. The second-order valence-electron chi connectivity index (χ2n) is 15.6. The zero-order valence-electron chi connectivity index (χ0n) is 34.1. The Labute approximate surface area is 403 Å². The summed E-state index contributed by atoms with van der Waals surface area (Å²) in [4.78, 5) is 7.55. The van der Waals surface area contributed by atoms with Gasteiger partial charge in [0.05, 0.1) is 12.1 Å². The summed E-state index contributed by atoms with van der Waals surface area (Å²) in [5.74, 6) is -118. The summed E-state index contributed by atoms with van der Waals surface area (Å²) < 4.78 is 470. The molecule has 2 nitrogen and oxygen atoms in total. The fraction of sp³-hybridized carbons (Fsp3) is 0.611. The van der Waals surface area contributed by atoms with Crippen LogP contribution < -0.4 is 0 Å². The van der Waals surface area contributed by atoms with Crippen molar-refractivity contribution in [1.82, 2.24) is 0 Å². The first kappa shape index (κ1) is 64.6. The van der Waals surface area contributed by atoms with E-state index in [1.165, 1.54) is 0 Å². The molecule has 0 bridgehead atoms. The number of rotatable bonds is 18. The minimum absolute atomic E-state index is 0.0734. The van der Waals surface area contributed by atoms with Crippen LogP contribution in [0, 0.1) is 0 Å². The van der Waals surface area contributed by atoms with Crippen LogP contribution in [0.3, 0.4) is 0 Å². The van der Waals surface area contributed by atoms with Crippen molar-refractivity contribution in [1.29, 1.82) is 0 Å². The molecule has 424 valence electrons. The van der Waals surface area contributed by atoms with Crippen molar-refractivity contribution in [2.75, 3.05) is 0 Å². The van der Waals surface area contributed by atoms with Gasteiger partial charge in [-0.1, -0.05) is 44.7 Å². The molecule has 0 saturated heterocycles. The topological polar surface area (TPSA) is 24.7 Å². The highest BCUT2D eigenvalue weighted by molar-refractivity contribution is 9.10. The van der Waals surface area contributed by atoms with Gasteiger partial charge >= 0.3 is 95.3 Å². The molecule has 0 aliphatic heterocycles. The number of aliphatic imine (C=N–C) groups is 2. The molecule has 0 spiro atoms. The lowest BCUT2D eigenvalue weighted by Gasteiger charge is -2.42. The molecule has 1 saturated carbocycles. The molecule has 0 unspecified atom stereocenters. The maximum Gasteiger partial charge on any atom is 0.460 e. The zero-order chi connectivity index (χ0) is 58.5. The quantitative estimate of drug-likeness (QED) is 0.105. The van der Waals surface area contributed by atoms with Crippen LogP contribution in [-0.2, 0) is 11.8 Å². The van der Waals surface area contributed by atoms with Gasteiger partial charge < -0.3 is 0 Å². The van der Waals surface area contributed by atoms with Crippen LogP contribution in [0.1, 0.15) is 47.9 Å². The Hall–Kier alpha value is -3.64. The van der Waals surface area contributed by atoms with E-state index >= 15 is 17.6 Å². The van der Waals surface area contributed by atoms with Gasteiger partial charge in [-0.25, -0.2) is 0 Å². The van der Waals surface area contributed by atoms with Crippen LogP contribution in [-0.4, -0.2) is 108 Å². The van der Waals surface area contributed by atoms with Gasteiger partial charge in [-0.2, -0.15) is 149 Å². The Kier molecular flexibility index (Phi) is 16.7. The van der Waals surface area contributed by atoms with Crippen molar-refractivity contribution >= 4 is 44.3 Å². The fourth-order valence-corrected chi connectivity index (χ4v) is 7.25. The van der Waals surface area contributed by atoms with E-state index in [1.54, 1.807) is 0 Å². The Bertz CT molecular complexity index is 2250. The molecule has 0 aromatic heterocycles. The predicted molar refractivity (Wildman–Crippen MR) is 189 cm³/mol. The van der Waals surface area contributed by atoms with Gasteiger partial charge in [0.2, 0.25) is 0 Å². The normalized spacial score (nSPS) is 19.0. The fourth-order valence-electron chi connectivity index (χ4n) is 6.23. The van der Waals surface area contributed by atoms with E-state index < -0.39 is 139 Å². The molecule has 0 heterocycles. The van der Waals surface area contributed by atoms with Gasteiger partial charge in [-0.3, -0.25) is 9.98 Å². The summed E-state index contributed by atoms with van der Waals surface area (Å²) in [6.07, 6.45) is -15.7. The molecule has 74 heavy (non-hydrogen) atoms. The van der Waals surface area contributed by atoms with E-state index in [0.29, 0.717) is 24.6 Å². The highest BCUT2D eigenvalue weighted by atomic mass is 79.9. The van der Waals surface area contributed by atoms with Crippen LogP contribution >= 0.6 is 31.9 Å². The molecular weight excluding hydrogens is 1270 g/mol. The SMILES string of the molecule is FC(F)(F)C(F)(F)C(F)(F)C(F)(F)C(F)(F)C(F)(F)C(F)(F)C(F)(F)c1cc(Br)cc(C=N[C@@H]2CCCC[C@H]2N=Cc2cc(Br)cc(C(F)(F)C(F)(F)C(F)(F)C(F)(F)C(F)(F)C(F)(F)C(F)(F)C(F)(F)F)c2)c1. The number of alkyl halides is 34. The molecule has 2 atom stereocenters. The van der Waals surface area contributed by atoms with Gasteiger partial charge in [0.15, 0.2) is 0 Å². The maximum atomic E-state index is 15.1. The lowest BCUT2D eigenvalue weighted by Crippen LogP contribution is -2.74. The molecule has 0 radical (unpaired) electrons. The number of hydrogen-bond donors (Lipinski definition) is 0. The van der Waals surface area contributed by atoms with E-state index in [9.17, 15) is 132 Å². The molecule has 0 amide bonds. The van der Waals surface area contributed by atoms with Gasteiger partial charge in [0.1, 0.15) is 0 Å². The van der Waals surface area contributed by atoms with Crippen LogP contribution in [0.4, 0.5) is 149 Å². The number of halogens is 36. The van der Waals surface area contributed by atoms with Crippen LogP contribution in [0.2, 0.25) is 0 Å². The Morgan fingerprint density at radius 1 is 0.311 bits per heavy atom. The summed E-state index contributed by atoms with van der Waals surface area (Å²) in [7, 11) is 0. The van der Waals surface area contributed by atoms with Gasteiger partial charge in [0.25, 0.3) is 0 Å². The lowest BCUT2D eigenvalue weighted by molar-refractivity contribution is -0.462. The largest absolute Gasteiger partial charge is 0.460 e. The van der Waals surface area contributed by atoms with E-state index in [4.69, 9.17) is 0 Å². The smallest absolute Gasteiger partial charge is 0.287 e. The predicted octanol–water partition coefficient (Wildman–Crippen LogP) is 17.0. The molecule has 1 fully saturated rings. The van der Waals surface area contributed by atoms with Crippen LogP contribution in [0.15, 0.2) is 55.3 Å². The van der Waals surface area contributed by atoms with E-state index in [0.717, 1.165) is 0 Å². The average molecular weight is 1280 g/mol. The molecule has 1 aliphatic carbocycles. The van der Waals surface area contributed by atoms with Crippen LogP contribution in [0.25, 0.3) is 0 Å². The Morgan fingerprint density at radius 2 is 0.527 bits per heavy atom. The summed E-state index contributed by atoms with van der Waals surface area (Å²) in [6, 6.07) is -3.26. The Morgan fingerprint density at radius 3 is 0.757 bits per heavy atom. The van der Waals surface area contributed by atoms with Gasteiger partial charge in [-0.15, -0.1) is 0 Å². The number of hydrogen-bond acceptors (Lipinski definition) is 2. The van der Waals surface area contributed by atoms with E-state index in [-0.39, 0.29) is 49.9 Å². The first-order valence-electron chi connectivity index (χ1n) is 18.5. The third kappa shape index (κ3) is 9.64. The van der Waals surface area contributed by atoms with Crippen molar-refractivity contribution in [3.63, 3.8) is 0 Å². The van der Waals surface area contributed by atoms with Crippen molar-refractivity contribution in [2.45, 2.75) is 133 Å². The summed E-state index contributed by atoms with van der Waals surface area (Å²) in [5.41, 5.74) is -7.39. The molecule has 38 heteroatoms. The van der Waals surface area contributed by atoms with Crippen molar-refractivity contribution in [3.8, 4) is 0 Å². The van der Waals surface area contributed by atoms with Crippen LogP contribution in [0.5, 0.6) is 0 Å². The number of benzene rings is 2. The first-order chi connectivity index (χ1) is 32.4. The molecule has 2 aromatic carbocycles. The van der Waals surface area contributed by atoms with E-state index in [1.807, 2.05) is 0 Å². The van der Waals surface area contributed by atoms with Gasteiger partial charge in [0, 0.05) is 32.5 Å². The Balaban J connectivity index is 2.04.